The normalized spacial score (nSPS) is 14.5. The largest absolute Gasteiger partial charge is 0.370 e. The Morgan fingerprint density at radius 2 is 1.95 bits per heavy atom. The van der Waals surface area contributed by atoms with Crippen LogP contribution in [0.2, 0.25) is 5.15 Å². The van der Waals surface area contributed by atoms with E-state index < -0.39 is 0 Å². The van der Waals surface area contributed by atoms with E-state index in [0.29, 0.717) is 11.0 Å². The van der Waals surface area contributed by atoms with Crippen molar-refractivity contribution in [2.75, 3.05) is 11.9 Å². The molecule has 3 nitrogen and oxygen atoms in total. The highest BCUT2D eigenvalue weighted by atomic mass is 35.5. The first-order valence-electron chi connectivity index (χ1n) is 7.83. The second-order valence-electron chi connectivity index (χ2n) is 5.55. The molecule has 3 rings (SSSR count). The number of rotatable bonds is 5. The van der Waals surface area contributed by atoms with Crippen LogP contribution < -0.4 is 5.32 Å². The molecule has 2 aromatic rings. The van der Waals surface area contributed by atoms with E-state index in [9.17, 15) is 0 Å². The van der Waals surface area contributed by atoms with Crippen molar-refractivity contribution in [3.05, 3.63) is 53.2 Å². The maximum Gasteiger partial charge on any atom is 0.163 e. The fraction of sp³-hybridized carbons (Fsp3) is 0.333. The Hall–Kier alpha value is -1.87. The molecule has 4 heteroatoms. The zero-order chi connectivity index (χ0) is 15.2. The van der Waals surface area contributed by atoms with Gasteiger partial charge in [0.2, 0.25) is 0 Å². The molecule has 0 amide bonds. The lowest BCUT2D eigenvalue weighted by molar-refractivity contribution is 0.679. The second-order valence-corrected chi connectivity index (χ2v) is 5.94. The molecule has 1 heterocycles. The van der Waals surface area contributed by atoms with Crippen molar-refractivity contribution in [1.82, 2.24) is 9.97 Å². The maximum atomic E-state index is 6.13. The van der Waals surface area contributed by atoms with Crippen molar-refractivity contribution in [3.8, 4) is 11.4 Å². The number of nitrogens with one attached hydrogen (secondary N) is 1. The molecule has 0 saturated carbocycles. The van der Waals surface area contributed by atoms with Gasteiger partial charge in [0.15, 0.2) is 5.82 Å². The minimum atomic E-state index is 0.466. The van der Waals surface area contributed by atoms with E-state index in [2.05, 4.69) is 21.4 Å². The monoisotopic (exact) mass is 313 g/mol. The molecule has 1 N–H and O–H groups in total. The molecule has 0 fully saturated rings. The summed E-state index contributed by atoms with van der Waals surface area (Å²) in [5.41, 5.74) is 2.53. The summed E-state index contributed by atoms with van der Waals surface area (Å²) in [4.78, 5) is 8.87. The van der Waals surface area contributed by atoms with Crippen molar-refractivity contribution in [3.63, 3.8) is 0 Å². The molecule has 0 unspecified atom stereocenters. The molecule has 1 aromatic heterocycles. The van der Waals surface area contributed by atoms with Crippen molar-refractivity contribution in [1.29, 1.82) is 0 Å². The Labute approximate surface area is 136 Å². The SMILES string of the molecule is Clc1cc(NCCC2=CCCCC2)nc(-c2ccccc2)n1. The summed E-state index contributed by atoms with van der Waals surface area (Å²) in [6.45, 7) is 0.882. The summed E-state index contributed by atoms with van der Waals surface area (Å²) in [5, 5.41) is 3.83. The standard InChI is InChI=1S/C18H20ClN3/c19-16-13-17(20-12-11-14-7-3-1-4-8-14)22-18(21-16)15-9-5-2-6-10-15/h2,5-7,9-10,13H,1,3-4,8,11-12H2,(H,20,21,22). The number of hydrogen-bond acceptors (Lipinski definition) is 3. The number of hydrogen-bond donors (Lipinski definition) is 1. The van der Waals surface area contributed by atoms with E-state index in [0.717, 1.165) is 24.3 Å². The Balaban J connectivity index is 1.66. The first-order chi connectivity index (χ1) is 10.8. The number of halogens is 1. The molecule has 0 radical (unpaired) electrons. The van der Waals surface area contributed by atoms with Crippen molar-refractivity contribution in [2.24, 2.45) is 0 Å². The van der Waals surface area contributed by atoms with E-state index >= 15 is 0 Å². The molecule has 1 aliphatic carbocycles. The van der Waals surface area contributed by atoms with Crippen LogP contribution >= 0.6 is 11.6 Å². The van der Waals surface area contributed by atoms with Gasteiger partial charge in [-0.3, -0.25) is 0 Å². The van der Waals surface area contributed by atoms with Gasteiger partial charge >= 0.3 is 0 Å². The van der Waals surface area contributed by atoms with Gasteiger partial charge in [0.1, 0.15) is 11.0 Å². The Morgan fingerprint density at radius 1 is 1.09 bits per heavy atom. The predicted molar refractivity (Wildman–Crippen MR) is 92.1 cm³/mol. The molecule has 22 heavy (non-hydrogen) atoms. The van der Waals surface area contributed by atoms with Crippen molar-refractivity contribution < 1.29 is 0 Å². The molecule has 0 atom stereocenters. The molecular formula is C18H20ClN3. The summed E-state index contributed by atoms with van der Waals surface area (Å²) >= 11 is 6.13. The van der Waals surface area contributed by atoms with E-state index in [-0.39, 0.29) is 0 Å². The third-order valence-corrected chi connectivity index (χ3v) is 4.06. The minimum absolute atomic E-state index is 0.466. The molecule has 1 aromatic carbocycles. The average Bonchev–Trinajstić information content (AvgIpc) is 2.56. The highest BCUT2D eigenvalue weighted by Gasteiger charge is 2.07. The maximum absolute atomic E-state index is 6.13. The average molecular weight is 314 g/mol. The van der Waals surface area contributed by atoms with E-state index in [1.165, 1.54) is 25.7 Å². The summed E-state index contributed by atoms with van der Waals surface area (Å²) in [6, 6.07) is 11.7. The third kappa shape index (κ3) is 4.08. The van der Waals surface area contributed by atoms with Gasteiger partial charge in [-0.1, -0.05) is 53.6 Å². The number of benzene rings is 1. The van der Waals surface area contributed by atoms with Crippen LogP contribution in [0.5, 0.6) is 0 Å². The van der Waals surface area contributed by atoms with Crippen LogP contribution in [0, 0.1) is 0 Å². The van der Waals surface area contributed by atoms with Crippen LogP contribution in [-0.4, -0.2) is 16.5 Å². The number of allylic oxidation sites excluding steroid dienone is 1. The third-order valence-electron chi connectivity index (χ3n) is 3.86. The second kappa shape index (κ2) is 7.41. The van der Waals surface area contributed by atoms with E-state index in [4.69, 9.17) is 11.6 Å². The number of anilines is 1. The first-order valence-corrected chi connectivity index (χ1v) is 8.21. The first kappa shape index (κ1) is 15.0. The molecule has 1 aliphatic rings. The van der Waals surface area contributed by atoms with Gasteiger partial charge in [-0.25, -0.2) is 9.97 Å². The minimum Gasteiger partial charge on any atom is -0.370 e. The van der Waals surface area contributed by atoms with Crippen molar-refractivity contribution in [2.45, 2.75) is 32.1 Å². The van der Waals surface area contributed by atoms with Crippen LogP contribution in [0.3, 0.4) is 0 Å². The lowest BCUT2D eigenvalue weighted by atomic mass is 9.97. The van der Waals surface area contributed by atoms with Crippen LogP contribution in [0.15, 0.2) is 48.0 Å². The zero-order valence-electron chi connectivity index (χ0n) is 12.6. The van der Waals surface area contributed by atoms with Gasteiger partial charge < -0.3 is 5.32 Å². The quantitative estimate of drug-likeness (QED) is 0.616. The molecule has 0 bridgehead atoms. The molecule has 0 saturated heterocycles. The van der Waals surface area contributed by atoms with E-state index in [1.54, 1.807) is 11.6 Å². The Bertz CT molecular complexity index is 653. The topological polar surface area (TPSA) is 37.8 Å². The molecule has 114 valence electrons. The fourth-order valence-electron chi connectivity index (χ4n) is 2.71. The van der Waals surface area contributed by atoms with Crippen LogP contribution in [0.25, 0.3) is 11.4 Å². The van der Waals surface area contributed by atoms with Gasteiger partial charge in [0, 0.05) is 18.2 Å². The molecular weight excluding hydrogens is 294 g/mol. The van der Waals surface area contributed by atoms with Crippen LogP contribution in [-0.2, 0) is 0 Å². The van der Waals surface area contributed by atoms with Gasteiger partial charge in [-0.05, 0) is 32.1 Å². The highest BCUT2D eigenvalue weighted by molar-refractivity contribution is 6.29. The van der Waals surface area contributed by atoms with Gasteiger partial charge in [0.25, 0.3) is 0 Å². The molecule has 0 aliphatic heterocycles. The number of aromatic nitrogens is 2. The Morgan fingerprint density at radius 3 is 2.73 bits per heavy atom. The number of nitrogens with zero attached hydrogens (tertiary/aromatic N) is 2. The highest BCUT2D eigenvalue weighted by Crippen LogP contribution is 2.22. The smallest absolute Gasteiger partial charge is 0.163 e. The summed E-state index contributed by atoms with van der Waals surface area (Å²) < 4.78 is 0. The predicted octanol–water partition coefficient (Wildman–Crippen LogP) is 5.10. The van der Waals surface area contributed by atoms with E-state index in [1.807, 2.05) is 30.3 Å². The molecule has 0 spiro atoms. The van der Waals surface area contributed by atoms with Gasteiger partial charge in [0.05, 0.1) is 0 Å². The lowest BCUT2D eigenvalue weighted by Crippen LogP contribution is -2.06. The summed E-state index contributed by atoms with van der Waals surface area (Å²) in [6.07, 6.45) is 8.58. The fourth-order valence-corrected chi connectivity index (χ4v) is 2.89. The lowest BCUT2D eigenvalue weighted by Gasteiger charge is -2.13. The zero-order valence-corrected chi connectivity index (χ0v) is 13.3. The van der Waals surface area contributed by atoms with Crippen LogP contribution in [0.4, 0.5) is 5.82 Å². The van der Waals surface area contributed by atoms with Crippen molar-refractivity contribution >= 4 is 17.4 Å². The van der Waals surface area contributed by atoms with Gasteiger partial charge in [-0.2, -0.15) is 0 Å². The summed E-state index contributed by atoms with van der Waals surface area (Å²) in [5.74, 6) is 1.45. The Kier molecular flexibility index (Phi) is 5.07. The van der Waals surface area contributed by atoms with Crippen LogP contribution in [0.1, 0.15) is 32.1 Å². The van der Waals surface area contributed by atoms with Gasteiger partial charge in [-0.15, -0.1) is 0 Å². The summed E-state index contributed by atoms with van der Waals surface area (Å²) in [7, 11) is 0.